The van der Waals surface area contributed by atoms with Crippen LogP contribution in [0.1, 0.15) is 37.2 Å². The summed E-state index contributed by atoms with van der Waals surface area (Å²) in [6.07, 6.45) is 4.56. The maximum Gasteiger partial charge on any atom is 0.161 e. The number of hydrogen-bond donors (Lipinski definition) is 1. The Balaban J connectivity index is 1.75. The van der Waals surface area contributed by atoms with Crippen molar-refractivity contribution < 1.29 is 14.2 Å². The molecule has 0 aliphatic carbocycles. The molecule has 0 spiro atoms. The highest BCUT2D eigenvalue weighted by Crippen LogP contribution is 2.35. The van der Waals surface area contributed by atoms with E-state index in [1.54, 1.807) is 7.11 Å². The van der Waals surface area contributed by atoms with Crippen molar-refractivity contribution in [3.8, 4) is 11.5 Å². The molecule has 1 aromatic rings. The van der Waals surface area contributed by atoms with Crippen LogP contribution in [0.4, 0.5) is 0 Å². The molecule has 0 saturated carbocycles. The van der Waals surface area contributed by atoms with Gasteiger partial charge >= 0.3 is 0 Å². The molecule has 1 aromatic carbocycles. The summed E-state index contributed by atoms with van der Waals surface area (Å²) in [4.78, 5) is 0. The molecule has 0 unspecified atom stereocenters. The van der Waals surface area contributed by atoms with Gasteiger partial charge in [-0.25, -0.2) is 0 Å². The molecule has 2 heterocycles. The third-order valence-electron chi connectivity index (χ3n) is 4.46. The van der Waals surface area contributed by atoms with E-state index in [0.717, 1.165) is 50.6 Å². The highest BCUT2D eigenvalue weighted by Gasteiger charge is 2.20. The summed E-state index contributed by atoms with van der Waals surface area (Å²) < 4.78 is 17.0. The monoisotopic (exact) mass is 291 g/mol. The van der Waals surface area contributed by atoms with Gasteiger partial charge in [0.05, 0.1) is 20.3 Å². The minimum absolute atomic E-state index is 0.246. The van der Waals surface area contributed by atoms with Gasteiger partial charge in [0.1, 0.15) is 6.10 Å². The van der Waals surface area contributed by atoms with Crippen molar-refractivity contribution in [3.05, 3.63) is 23.8 Å². The normalized spacial score (nSPS) is 21.2. The average Bonchev–Trinajstić information content (AvgIpc) is 2.56. The third-order valence-corrected chi connectivity index (χ3v) is 4.46. The fourth-order valence-electron chi connectivity index (χ4n) is 3.17. The molecule has 3 rings (SSSR count). The summed E-state index contributed by atoms with van der Waals surface area (Å²) in [5.74, 6) is 2.36. The smallest absolute Gasteiger partial charge is 0.161 e. The van der Waals surface area contributed by atoms with Gasteiger partial charge in [0, 0.05) is 12.8 Å². The molecule has 0 amide bonds. The number of hydrogen-bond acceptors (Lipinski definition) is 4. The standard InChI is InChI=1S/C17H25NO3/c1-19-16-3-2-14(13-4-8-18-9-5-13)12-17(16)21-15-6-10-20-11-7-15/h2-3,12-13,15,18H,4-11H2,1H3. The van der Waals surface area contributed by atoms with E-state index in [9.17, 15) is 0 Å². The summed E-state index contributed by atoms with van der Waals surface area (Å²) >= 11 is 0. The Morgan fingerprint density at radius 2 is 1.81 bits per heavy atom. The number of ether oxygens (including phenoxy) is 3. The molecule has 0 radical (unpaired) electrons. The highest BCUT2D eigenvalue weighted by molar-refractivity contribution is 5.44. The molecule has 116 valence electrons. The zero-order chi connectivity index (χ0) is 14.5. The summed E-state index contributed by atoms with van der Waals surface area (Å²) in [7, 11) is 1.70. The van der Waals surface area contributed by atoms with E-state index in [0.29, 0.717) is 5.92 Å². The van der Waals surface area contributed by atoms with Gasteiger partial charge in [-0.15, -0.1) is 0 Å². The topological polar surface area (TPSA) is 39.7 Å². The lowest BCUT2D eigenvalue weighted by molar-refractivity contribution is 0.0245. The van der Waals surface area contributed by atoms with E-state index >= 15 is 0 Å². The first-order chi connectivity index (χ1) is 10.4. The van der Waals surface area contributed by atoms with Crippen molar-refractivity contribution in [1.82, 2.24) is 5.32 Å². The van der Waals surface area contributed by atoms with Crippen LogP contribution in [-0.4, -0.2) is 39.5 Å². The quantitative estimate of drug-likeness (QED) is 0.926. The highest BCUT2D eigenvalue weighted by atomic mass is 16.5. The van der Waals surface area contributed by atoms with Crippen LogP contribution in [0.15, 0.2) is 18.2 Å². The van der Waals surface area contributed by atoms with E-state index in [2.05, 4.69) is 17.4 Å². The molecule has 0 aromatic heterocycles. The second kappa shape index (κ2) is 7.14. The first kappa shape index (κ1) is 14.7. The average molecular weight is 291 g/mol. The second-order valence-corrected chi connectivity index (χ2v) is 5.86. The van der Waals surface area contributed by atoms with Gasteiger partial charge in [0.2, 0.25) is 0 Å². The van der Waals surface area contributed by atoms with Crippen LogP contribution >= 0.6 is 0 Å². The Labute approximate surface area is 126 Å². The van der Waals surface area contributed by atoms with Crippen molar-refractivity contribution >= 4 is 0 Å². The van der Waals surface area contributed by atoms with E-state index in [1.165, 1.54) is 18.4 Å². The molecule has 0 bridgehead atoms. The largest absolute Gasteiger partial charge is 0.493 e. The Bertz CT molecular complexity index is 451. The fraction of sp³-hybridized carbons (Fsp3) is 0.647. The van der Waals surface area contributed by atoms with Crippen molar-refractivity contribution in [2.75, 3.05) is 33.4 Å². The molecule has 21 heavy (non-hydrogen) atoms. The van der Waals surface area contributed by atoms with Crippen LogP contribution in [0.3, 0.4) is 0 Å². The second-order valence-electron chi connectivity index (χ2n) is 5.86. The number of rotatable bonds is 4. The van der Waals surface area contributed by atoms with Crippen LogP contribution < -0.4 is 14.8 Å². The van der Waals surface area contributed by atoms with Gasteiger partial charge in [-0.1, -0.05) is 6.07 Å². The molecule has 1 N–H and O–H groups in total. The van der Waals surface area contributed by atoms with Crippen molar-refractivity contribution in [1.29, 1.82) is 0 Å². The van der Waals surface area contributed by atoms with Crippen molar-refractivity contribution in [2.45, 2.75) is 37.7 Å². The fourth-order valence-corrected chi connectivity index (χ4v) is 3.17. The molecule has 0 atom stereocenters. The molecule has 2 aliphatic rings. The number of benzene rings is 1. The zero-order valence-corrected chi connectivity index (χ0v) is 12.8. The minimum Gasteiger partial charge on any atom is -0.493 e. The number of piperidine rings is 1. The minimum atomic E-state index is 0.246. The lowest BCUT2D eigenvalue weighted by atomic mass is 9.90. The Kier molecular flexibility index (Phi) is 4.99. The van der Waals surface area contributed by atoms with Gasteiger partial charge < -0.3 is 19.5 Å². The predicted molar refractivity (Wildman–Crippen MR) is 82.3 cm³/mol. The lowest BCUT2D eigenvalue weighted by Crippen LogP contribution is -2.27. The molecule has 4 heteroatoms. The van der Waals surface area contributed by atoms with E-state index in [4.69, 9.17) is 14.2 Å². The van der Waals surface area contributed by atoms with Gasteiger partial charge in [-0.3, -0.25) is 0 Å². The summed E-state index contributed by atoms with van der Waals surface area (Å²) in [5, 5.41) is 3.42. The SMILES string of the molecule is COc1ccc(C2CCNCC2)cc1OC1CCOCC1. The molecular formula is C17H25NO3. The van der Waals surface area contributed by atoms with Crippen molar-refractivity contribution in [2.24, 2.45) is 0 Å². The number of nitrogens with one attached hydrogen (secondary N) is 1. The van der Waals surface area contributed by atoms with Crippen LogP contribution in [0, 0.1) is 0 Å². The van der Waals surface area contributed by atoms with Crippen LogP contribution in [-0.2, 0) is 4.74 Å². The molecular weight excluding hydrogens is 266 g/mol. The maximum absolute atomic E-state index is 6.19. The first-order valence-electron chi connectivity index (χ1n) is 8.00. The van der Waals surface area contributed by atoms with Gasteiger partial charge in [0.15, 0.2) is 11.5 Å². The van der Waals surface area contributed by atoms with E-state index in [-0.39, 0.29) is 6.10 Å². The Hall–Kier alpha value is -1.26. The maximum atomic E-state index is 6.19. The Morgan fingerprint density at radius 1 is 1.05 bits per heavy atom. The summed E-state index contributed by atoms with van der Waals surface area (Å²) in [6, 6.07) is 6.42. The van der Waals surface area contributed by atoms with Crippen molar-refractivity contribution in [3.63, 3.8) is 0 Å². The van der Waals surface area contributed by atoms with E-state index < -0.39 is 0 Å². The van der Waals surface area contributed by atoms with Crippen LogP contribution in [0.25, 0.3) is 0 Å². The summed E-state index contributed by atoms with van der Waals surface area (Å²) in [5.41, 5.74) is 1.37. The Morgan fingerprint density at radius 3 is 2.52 bits per heavy atom. The molecule has 2 saturated heterocycles. The zero-order valence-electron chi connectivity index (χ0n) is 12.8. The van der Waals surface area contributed by atoms with E-state index in [1.807, 2.05) is 6.07 Å². The molecule has 2 aliphatic heterocycles. The van der Waals surface area contributed by atoms with Gasteiger partial charge in [-0.2, -0.15) is 0 Å². The van der Waals surface area contributed by atoms with Crippen LogP contribution in [0.5, 0.6) is 11.5 Å². The first-order valence-corrected chi connectivity index (χ1v) is 8.00. The number of methoxy groups -OCH3 is 1. The van der Waals surface area contributed by atoms with Gasteiger partial charge in [0.25, 0.3) is 0 Å². The predicted octanol–water partition coefficient (Wildman–Crippen LogP) is 2.72. The third kappa shape index (κ3) is 3.69. The van der Waals surface area contributed by atoms with Crippen LogP contribution in [0.2, 0.25) is 0 Å². The molecule has 4 nitrogen and oxygen atoms in total. The summed E-state index contributed by atoms with van der Waals surface area (Å²) in [6.45, 7) is 3.79. The van der Waals surface area contributed by atoms with Gasteiger partial charge in [-0.05, 0) is 49.5 Å². The lowest BCUT2D eigenvalue weighted by Gasteiger charge is -2.26. The molecule has 2 fully saturated rings.